The second-order valence-corrected chi connectivity index (χ2v) is 15.3. The zero-order valence-corrected chi connectivity index (χ0v) is 40.0. The number of allylic oxidation sites excluding steroid dienone is 3. The van der Waals surface area contributed by atoms with Gasteiger partial charge in [-0.2, -0.15) is 0 Å². The molecule has 0 aliphatic rings. The summed E-state index contributed by atoms with van der Waals surface area (Å²) in [6.07, 6.45) is 21.4. The molecule has 2 aromatic rings. The molecule has 0 aliphatic heterocycles. The van der Waals surface area contributed by atoms with Crippen molar-refractivity contribution in [3.63, 3.8) is 0 Å². The second kappa shape index (κ2) is 36.7. The number of benzene rings is 2. The van der Waals surface area contributed by atoms with Gasteiger partial charge in [-0.1, -0.05) is 234 Å². The standard InChI is InChI=1S/C30H52.C16H18O.4C2H6/c1-24(2)29(7,8)23-30(9,25(3)4)27(6)17-15-13-11-10-12-14-16-18-28-21-19-26(5)20-22-28;1-4-13(3)6-7-14-8-9-16(10-11-17)15(5-2)12-14;4*1-2/h19-22,24-25H,6,10-18,23H2,1-5,7-9H3;5-9,11-12H,2-4,10H2,1H3;4*1-2H3/b;7-6+;;;;. The minimum atomic E-state index is 0.254. The van der Waals surface area contributed by atoms with E-state index in [-0.39, 0.29) is 5.41 Å². The normalized spacial score (nSPS) is 11.5. The van der Waals surface area contributed by atoms with Gasteiger partial charge in [0.2, 0.25) is 0 Å². The maximum Gasteiger partial charge on any atom is 0.124 e. The number of unbranched alkanes of at least 4 members (excludes halogenated alkanes) is 6. The Balaban J connectivity index is -0.000000439. The van der Waals surface area contributed by atoms with Crippen molar-refractivity contribution in [2.45, 2.75) is 195 Å². The number of hydrogen-bond acceptors (Lipinski definition) is 1. The first-order valence-electron chi connectivity index (χ1n) is 22.5. The van der Waals surface area contributed by atoms with Gasteiger partial charge in [-0.25, -0.2) is 0 Å². The Morgan fingerprint density at radius 3 is 1.69 bits per heavy atom. The van der Waals surface area contributed by atoms with Crippen LogP contribution in [0.25, 0.3) is 12.2 Å². The van der Waals surface area contributed by atoms with Crippen LogP contribution in [0.2, 0.25) is 0 Å². The van der Waals surface area contributed by atoms with E-state index in [1.54, 1.807) is 6.08 Å². The maximum atomic E-state index is 10.5. The van der Waals surface area contributed by atoms with Gasteiger partial charge in [0.05, 0.1) is 0 Å². The molecule has 0 aromatic heterocycles. The summed E-state index contributed by atoms with van der Waals surface area (Å²) in [7, 11) is 0. The van der Waals surface area contributed by atoms with Gasteiger partial charge in [0, 0.05) is 6.42 Å². The van der Waals surface area contributed by atoms with Crippen LogP contribution in [0.3, 0.4) is 0 Å². The van der Waals surface area contributed by atoms with Gasteiger partial charge in [-0.15, -0.1) is 0 Å². The van der Waals surface area contributed by atoms with E-state index < -0.39 is 0 Å². The Hall–Kier alpha value is -2.93. The van der Waals surface area contributed by atoms with Crippen LogP contribution in [-0.4, -0.2) is 6.29 Å². The van der Waals surface area contributed by atoms with Crippen molar-refractivity contribution < 1.29 is 4.79 Å². The summed E-state index contributed by atoms with van der Waals surface area (Å²) in [6.45, 7) is 49.4. The van der Waals surface area contributed by atoms with Crippen LogP contribution in [0.15, 0.2) is 79.4 Å². The number of hydrogen-bond donors (Lipinski definition) is 0. The first-order chi connectivity index (χ1) is 26.2. The zero-order valence-electron chi connectivity index (χ0n) is 40.0. The van der Waals surface area contributed by atoms with Gasteiger partial charge >= 0.3 is 0 Å². The van der Waals surface area contributed by atoms with E-state index in [1.807, 2.05) is 85.7 Å². The molecular weight excluding hydrogens is 665 g/mol. The summed E-state index contributed by atoms with van der Waals surface area (Å²) in [6, 6.07) is 15.1. The van der Waals surface area contributed by atoms with Crippen molar-refractivity contribution in [2.75, 3.05) is 0 Å². The van der Waals surface area contributed by atoms with Crippen molar-refractivity contribution in [3.8, 4) is 0 Å². The molecule has 1 unspecified atom stereocenters. The maximum absolute atomic E-state index is 10.5. The summed E-state index contributed by atoms with van der Waals surface area (Å²) in [4.78, 5) is 10.5. The third-order valence-corrected chi connectivity index (χ3v) is 10.7. The lowest BCUT2D eigenvalue weighted by molar-refractivity contribution is -0.107. The van der Waals surface area contributed by atoms with Crippen LogP contribution in [-0.2, 0) is 17.6 Å². The van der Waals surface area contributed by atoms with Crippen LogP contribution < -0.4 is 0 Å². The largest absolute Gasteiger partial charge is 0.303 e. The third kappa shape index (κ3) is 26.5. The Labute approximate surface area is 346 Å². The van der Waals surface area contributed by atoms with E-state index in [1.165, 1.54) is 80.9 Å². The van der Waals surface area contributed by atoms with Gasteiger partial charge in [-0.05, 0) is 96.4 Å². The summed E-state index contributed by atoms with van der Waals surface area (Å²) in [5.74, 6) is 1.35. The van der Waals surface area contributed by atoms with Gasteiger partial charge in [0.25, 0.3) is 0 Å². The Bertz CT molecular complexity index is 1250. The first kappa shape index (κ1) is 58.8. The van der Waals surface area contributed by atoms with Crippen molar-refractivity contribution in [1.29, 1.82) is 0 Å². The zero-order chi connectivity index (χ0) is 43.5. The van der Waals surface area contributed by atoms with Gasteiger partial charge in [-0.3, -0.25) is 0 Å². The molecule has 0 radical (unpaired) electrons. The fourth-order valence-corrected chi connectivity index (χ4v) is 5.99. The highest BCUT2D eigenvalue weighted by molar-refractivity contribution is 5.65. The summed E-state index contributed by atoms with van der Waals surface area (Å²) in [5, 5.41) is 0. The number of aldehydes is 1. The fourth-order valence-electron chi connectivity index (χ4n) is 5.99. The number of carbonyl (C=O) groups is 1. The van der Waals surface area contributed by atoms with Crippen LogP contribution in [0, 0.1) is 29.6 Å². The van der Waals surface area contributed by atoms with Gasteiger partial charge in [0.15, 0.2) is 0 Å². The van der Waals surface area contributed by atoms with Gasteiger partial charge < -0.3 is 4.79 Å². The average Bonchev–Trinajstić information content (AvgIpc) is 3.20. The molecule has 0 spiro atoms. The minimum Gasteiger partial charge on any atom is -0.303 e. The molecule has 0 aliphatic carbocycles. The van der Waals surface area contributed by atoms with E-state index in [0.717, 1.165) is 35.0 Å². The highest BCUT2D eigenvalue weighted by Gasteiger charge is 2.38. The van der Waals surface area contributed by atoms with Crippen molar-refractivity contribution >= 4 is 18.4 Å². The molecule has 0 saturated carbocycles. The molecule has 316 valence electrons. The molecule has 1 nitrogen and oxygen atoms in total. The van der Waals surface area contributed by atoms with Crippen LogP contribution in [0.5, 0.6) is 0 Å². The molecule has 2 rings (SSSR count). The van der Waals surface area contributed by atoms with E-state index >= 15 is 0 Å². The van der Waals surface area contributed by atoms with Crippen molar-refractivity contribution in [1.82, 2.24) is 0 Å². The fraction of sp³-hybridized carbons (Fsp3) is 0.611. The predicted molar refractivity (Wildman–Crippen MR) is 257 cm³/mol. The topological polar surface area (TPSA) is 17.1 Å². The van der Waals surface area contributed by atoms with Crippen molar-refractivity contribution in [2.24, 2.45) is 22.7 Å². The predicted octanol–water partition coefficient (Wildman–Crippen LogP) is 18.1. The lowest BCUT2D eigenvalue weighted by Crippen LogP contribution is -2.34. The molecule has 1 heteroatoms. The summed E-state index contributed by atoms with van der Waals surface area (Å²) < 4.78 is 0. The molecule has 55 heavy (non-hydrogen) atoms. The molecule has 0 amide bonds. The van der Waals surface area contributed by atoms with Crippen LogP contribution in [0.4, 0.5) is 0 Å². The number of aryl methyl sites for hydroxylation is 2. The molecule has 0 fully saturated rings. The highest BCUT2D eigenvalue weighted by atomic mass is 16.1. The molecule has 1 atom stereocenters. The lowest BCUT2D eigenvalue weighted by atomic mass is 9.61. The lowest BCUT2D eigenvalue weighted by Gasteiger charge is -2.44. The molecule has 2 aromatic carbocycles. The molecule has 0 N–H and O–H groups in total. The average molecular weight is 759 g/mol. The van der Waals surface area contributed by atoms with E-state index in [2.05, 4.69) is 106 Å². The van der Waals surface area contributed by atoms with E-state index in [4.69, 9.17) is 0 Å². The SMILES string of the molecule is C=C(CCCCCCCCCc1ccc(C)cc1)C(C)(CC(C)(C)C(C)C)C(C)C.C=Cc1cc(/C=C/C(=C)CC)ccc1CC=O.CC.CC.CC.CC. The van der Waals surface area contributed by atoms with Crippen LogP contribution in [0.1, 0.15) is 203 Å². The Morgan fingerprint density at radius 2 is 1.24 bits per heavy atom. The Morgan fingerprint density at radius 1 is 0.727 bits per heavy atom. The monoisotopic (exact) mass is 759 g/mol. The molecule has 0 bridgehead atoms. The molecule has 0 heterocycles. The smallest absolute Gasteiger partial charge is 0.124 e. The van der Waals surface area contributed by atoms with Crippen LogP contribution >= 0.6 is 0 Å². The number of rotatable bonds is 21. The first-order valence-corrected chi connectivity index (χ1v) is 22.5. The molecular formula is C54H94O. The van der Waals surface area contributed by atoms with E-state index in [9.17, 15) is 4.79 Å². The highest BCUT2D eigenvalue weighted by Crippen LogP contribution is 2.48. The number of carbonyl (C=O) groups excluding carboxylic acids is 1. The quantitative estimate of drug-likeness (QED) is 0.0536. The molecule has 0 saturated heterocycles. The second-order valence-electron chi connectivity index (χ2n) is 15.3. The minimum absolute atomic E-state index is 0.254. The van der Waals surface area contributed by atoms with E-state index in [0.29, 0.717) is 23.7 Å². The third-order valence-electron chi connectivity index (χ3n) is 10.7. The summed E-state index contributed by atoms with van der Waals surface area (Å²) in [5.41, 5.74) is 9.19. The van der Waals surface area contributed by atoms with Crippen molar-refractivity contribution in [3.05, 3.63) is 107 Å². The Kier molecular flexibility index (Phi) is 39.2. The van der Waals surface area contributed by atoms with Gasteiger partial charge in [0.1, 0.15) is 6.29 Å². The summed E-state index contributed by atoms with van der Waals surface area (Å²) >= 11 is 0.